The van der Waals surface area contributed by atoms with Crippen LogP contribution in [0.5, 0.6) is 0 Å². The summed E-state index contributed by atoms with van der Waals surface area (Å²) in [5.41, 5.74) is 6.46. The zero-order valence-corrected chi connectivity index (χ0v) is 10.9. The molecule has 0 bridgehead atoms. The minimum absolute atomic E-state index is 0.178. The predicted octanol–water partition coefficient (Wildman–Crippen LogP) is 2.31. The van der Waals surface area contributed by atoms with Gasteiger partial charge in [0.15, 0.2) is 0 Å². The molecule has 0 aliphatic carbocycles. The van der Waals surface area contributed by atoms with Crippen molar-refractivity contribution < 1.29 is 0 Å². The molecule has 0 aliphatic rings. The first-order valence-electron chi connectivity index (χ1n) is 5.62. The molecule has 2 rings (SSSR count). The largest absolute Gasteiger partial charge is 0.388 e. The molecule has 18 heavy (non-hydrogen) atoms. The van der Waals surface area contributed by atoms with Gasteiger partial charge < -0.3 is 10.6 Å². The number of amidine groups is 1. The van der Waals surface area contributed by atoms with E-state index in [0.717, 1.165) is 15.8 Å². The Morgan fingerprint density at radius 1 is 1.33 bits per heavy atom. The van der Waals surface area contributed by atoms with Gasteiger partial charge in [-0.15, -0.1) is 10.2 Å². The van der Waals surface area contributed by atoms with E-state index in [2.05, 4.69) is 10.2 Å². The molecule has 1 aromatic heterocycles. The average Bonchev–Trinajstić information content (AvgIpc) is 2.77. The van der Waals surface area contributed by atoms with Gasteiger partial charge in [0, 0.05) is 18.7 Å². The molecular weight excluding hydrogens is 246 g/mol. The fourth-order valence-electron chi connectivity index (χ4n) is 1.57. The molecule has 1 aromatic carbocycles. The summed E-state index contributed by atoms with van der Waals surface area (Å²) in [7, 11) is 0. The van der Waals surface area contributed by atoms with Crippen molar-refractivity contribution in [1.29, 1.82) is 5.41 Å². The van der Waals surface area contributed by atoms with E-state index in [4.69, 9.17) is 11.1 Å². The third-order valence-corrected chi connectivity index (χ3v) is 3.28. The molecule has 0 radical (unpaired) electrons. The minimum Gasteiger partial charge on any atom is -0.388 e. The second kappa shape index (κ2) is 5.59. The van der Waals surface area contributed by atoms with Gasteiger partial charge in [0.1, 0.15) is 5.01 Å². The van der Waals surface area contributed by atoms with E-state index in [0.29, 0.717) is 13.0 Å². The van der Waals surface area contributed by atoms with Crippen LogP contribution in [0.2, 0.25) is 0 Å². The van der Waals surface area contributed by atoms with Crippen molar-refractivity contribution in [3.05, 3.63) is 35.3 Å². The van der Waals surface area contributed by atoms with Gasteiger partial charge in [-0.05, 0) is 19.1 Å². The number of aryl methyl sites for hydroxylation is 1. The normalized spacial score (nSPS) is 10.3. The number of benzene rings is 1. The quantitative estimate of drug-likeness (QED) is 0.639. The fraction of sp³-hybridized carbons (Fsp3) is 0.250. The lowest BCUT2D eigenvalue weighted by molar-refractivity contribution is 0.921. The number of hydrogen-bond acceptors (Lipinski definition) is 5. The summed E-state index contributed by atoms with van der Waals surface area (Å²) in [5.74, 6) is 0.178. The van der Waals surface area contributed by atoms with Gasteiger partial charge in [0.05, 0.1) is 5.84 Å². The van der Waals surface area contributed by atoms with Gasteiger partial charge in [-0.3, -0.25) is 5.41 Å². The first-order valence-corrected chi connectivity index (χ1v) is 6.44. The van der Waals surface area contributed by atoms with Gasteiger partial charge in [-0.2, -0.15) is 0 Å². The van der Waals surface area contributed by atoms with Crippen LogP contribution in [-0.4, -0.2) is 22.6 Å². The maximum absolute atomic E-state index is 7.34. The molecule has 0 saturated heterocycles. The highest BCUT2D eigenvalue weighted by molar-refractivity contribution is 7.15. The fourth-order valence-corrected chi connectivity index (χ4v) is 2.30. The van der Waals surface area contributed by atoms with Crippen LogP contribution >= 0.6 is 11.3 Å². The van der Waals surface area contributed by atoms with E-state index in [1.165, 1.54) is 11.3 Å². The van der Waals surface area contributed by atoms with Crippen molar-refractivity contribution in [2.45, 2.75) is 13.3 Å². The Morgan fingerprint density at radius 3 is 2.61 bits per heavy atom. The van der Waals surface area contributed by atoms with Gasteiger partial charge in [-0.1, -0.05) is 29.5 Å². The number of para-hydroxylation sites is 1. The van der Waals surface area contributed by atoms with E-state index >= 15 is 0 Å². The molecule has 1 heterocycles. The highest BCUT2D eigenvalue weighted by Gasteiger charge is 2.13. The van der Waals surface area contributed by atoms with Crippen LogP contribution < -0.4 is 10.6 Å². The van der Waals surface area contributed by atoms with Crippen LogP contribution in [0.1, 0.15) is 11.4 Å². The summed E-state index contributed by atoms with van der Waals surface area (Å²) in [6.45, 7) is 2.56. The Morgan fingerprint density at radius 2 is 2.06 bits per heavy atom. The van der Waals surface area contributed by atoms with E-state index in [9.17, 15) is 0 Å². The Labute approximate surface area is 110 Å². The van der Waals surface area contributed by atoms with Crippen molar-refractivity contribution in [2.24, 2.45) is 5.73 Å². The molecule has 94 valence electrons. The zero-order chi connectivity index (χ0) is 13.0. The molecule has 0 unspecified atom stereocenters. The summed E-state index contributed by atoms with van der Waals surface area (Å²) in [5, 5.41) is 17.3. The van der Waals surface area contributed by atoms with Crippen LogP contribution in [0.15, 0.2) is 30.3 Å². The Kier molecular flexibility index (Phi) is 3.88. The molecule has 0 fully saturated rings. The Hall–Kier alpha value is -1.95. The lowest BCUT2D eigenvalue weighted by Crippen LogP contribution is -2.23. The van der Waals surface area contributed by atoms with Gasteiger partial charge >= 0.3 is 0 Å². The lowest BCUT2D eigenvalue weighted by atomic mass is 10.3. The monoisotopic (exact) mass is 261 g/mol. The van der Waals surface area contributed by atoms with Crippen LogP contribution in [0, 0.1) is 12.3 Å². The molecule has 0 atom stereocenters. The summed E-state index contributed by atoms with van der Waals surface area (Å²) < 4.78 is 0. The second-order valence-corrected chi connectivity index (χ2v) is 5.03. The van der Waals surface area contributed by atoms with Crippen LogP contribution in [0.25, 0.3) is 0 Å². The summed E-state index contributed by atoms with van der Waals surface area (Å²) >= 11 is 1.53. The van der Waals surface area contributed by atoms with E-state index in [-0.39, 0.29) is 5.84 Å². The number of hydrogen-bond donors (Lipinski definition) is 2. The second-order valence-electron chi connectivity index (χ2n) is 3.87. The molecule has 0 amide bonds. The number of anilines is 2. The van der Waals surface area contributed by atoms with E-state index < -0.39 is 0 Å². The van der Waals surface area contributed by atoms with Gasteiger partial charge in [-0.25, -0.2) is 0 Å². The number of nitrogens with two attached hydrogens (primary N) is 1. The number of aromatic nitrogens is 2. The molecule has 6 heteroatoms. The third kappa shape index (κ3) is 3.04. The topological polar surface area (TPSA) is 78.9 Å². The lowest BCUT2D eigenvalue weighted by Gasteiger charge is -2.20. The molecule has 3 N–H and O–H groups in total. The third-order valence-electron chi connectivity index (χ3n) is 2.42. The molecular formula is C12H15N5S. The summed E-state index contributed by atoms with van der Waals surface area (Å²) in [4.78, 5) is 2.03. The molecule has 0 spiro atoms. The predicted molar refractivity (Wildman–Crippen MR) is 74.6 cm³/mol. The van der Waals surface area contributed by atoms with Crippen molar-refractivity contribution in [1.82, 2.24) is 10.2 Å². The molecule has 5 nitrogen and oxygen atoms in total. The average molecular weight is 261 g/mol. The smallest absolute Gasteiger partial charge is 0.212 e. The SMILES string of the molecule is Cc1nnc(N(CCC(=N)N)c2ccccc2)s1. The molecule has 0 aliphatic heterocycles. The van der Waals surface area contributed by atoms with Crippen LogP contribution in [0.4, 0.5) is 10.8 Å². The van der Waals surface area contributed by atoms with Crippen LogP contribution in [-0.2, 0) is 0 Å². The van der Waals surface area contributed by atoms with Crippen molar-refractivity contribution in [2.75, 3.05) is 11.4 Å². The number of rotatable bonds is 5. The van der Waals surface area contributed by atoms with Gasteiger partial charge in [0.2, 0.25) is 5.13 Å². The first-order chi connectivity index (χ1) is 8.66. The maximum Gasteiger partial charge on any atom is 0.212 e. The van der Waals surface area contributed by atoms with Crippen LogP contribution in [0.3, 0.4) is 0 Å². The van der Waals surface area contributed by atoms with E-state index in [1.54, 1.807) is 0 Å². The summed E-state index contributed by atoms with van der Waals surface area (Å²) in [6, 6.07) is 9.94. The maximum atomic E-state index is 7.34. The number of nitrogens with one attached hydrogen (secondary N) is 1. The van der Waals surface area contributed by atoms with E-state index in [1.807, 2.05) is 42.2 Å². The zero-order valence-electron chi connectivity index (χ0n) is 10.1. The van der Waals surface area contributed by atoms with Gasteiger partial charge in [0.25, 0.3) is 0 Å². The van der Waals surface area contributed by atoms with Crippen molar-refractivity contribution in [3.8, 4) is 0 Å². The highest BCUT2D eigenvalue weighted by atomic mass is 32.1. The molecule has 2 aromatic rings. The first kappa shape index (κ1) is 12.5. The Bertz CT molecular complexity index is 522. The van der Waals surface area contributed by atoms with Crippen molar-refractivity contribution in [3.63, 3.8) is 0 Å². The summed E-state index contributed by atoms with van der Waals surface area (Å²) in [6.07, 6.45) is 0.507. The van der Waals surface area contributed by atoms with Crippen molar-refractivity contribution >= 4 is 28.0 Å². The highest BCUT2D eigenvalue weighted by Crippen LogP contribution is 2.27. The molecule has 0 saturated carbocycles. The standard InChI is InChI=1S/C12H15N5S/c1-9-15-16-12(18-9)17(8-7-11(13)14)10-5-3-2-4-6-10/h2-6H,7-8H2,1H3,(H3,13,14). The Balaban J connectivity index is 2.26. The minimum atomic E-state index is 0.178. The number of nitrogens with zero attached hydrogens (tertiary/aromatic N) is 3.